The molecule has 6 nitrogen and oxygen atoms in total. The molecule has 1 aromatic carbocycles. The first-order chi connectivity index (χ1) is 12.2. The maximum atomic E-state index is 12.8. The lowest BCUT2D eigenvalue weighted by Gasteiger charge is -2.28. The van der Waals surface area contributed by atoms with Crippen molar-refractivity contribution in [1.82, 2.24) is 20.0 Å². The number of hydrogen-bond acceptors (Lipinski definition) is 5. The smallest absolute Gasteiger partial charge is 0.311 e. The average Bonchev–Trinajstić information content (AvgIpc) is 3.38. The number of aromatic nitrogens is 2. The minimum absolute atomic E-state index is 0.120. The van der Waals surface area contributed by atoms with Crippen molar-refractivity contribution in [3.63, 3.8) is 0 Å². The number of nitrogens with zero attached hydrogens (tertiary/aromatic N) is 4. The van der Waals surface area contributed by atoms with Crippen molar-refractivity contribution < 1.29 is 9.21 Å². The number of amides is 1. The minimum atomic E-state index is -0.131. The Morgan fingerprint density at radius 2 is 2.00 bits per heavy atom. The van der Waals surface area contributed by atoms with E-state index >= 15 is 0 Å². The van der Waals surface area contributed by atoms with Crippen LogP contribution in [0.3, 0.4) is 0 Å². The van der Waals surface area contributed by atoms with E-state index in [9.17, 15) is 4.79 Å². The maximum absolute atomic E-state index is 12.8. The summed E-state index contributed by atoms with van der Waals surface area (Å²) in [6.07, 6.45) is 3.13. The number of rotatable bonds is 4. The van der Waals surface area contributed by atoms with Gasteiger partial charge in [0, 0.05) is 38.1 Å². The van der Waals surface area contributed by atoms with Crippen LogP contribution >= 0.6 is 0 Å². The molecule has 0 bridgehead atoms. The topological polar surface area (TPSA) is 62.5 Å². The highest BCUT2D eigenvalue weighted by Crippen LogP contribution is 2.39. The molecule has 1 saturated carbocycles. The zero-order chi connectivity index (χ0) is 17.2. The van der Waals surface area contributed by atoms with Crippen LogP contribution in [-0.2, 0) is 6.54 Å². The molecule has 1 unspecified atom stereocenters. The molecule has 0 spiro atoms. The summed E-state index contributed by atoms with van der Waals surface area (Å²) in [5, 5.41) is 8.02. The molecule has 2 aliphatic rings. The van der Waals surface area contributed by atoms with E-state index < -0.39 is 0 Å². The number of hydrogen-bond donors (Lipinski definition) is 0. The first-order valence-corrected chi connectivity index (χ1v) is 9.11. The molecule has 1 atom stereocenters. The van der Waals surface area contributed by atoms with Crippen LogP contribution in [0.4, 0.5) is 0 Å². The zero-order valence-corrected chi connectivity index (χ0v) is 14.6. The minimum Gasteiger partial charge on any atom is -0.417 e. The fourth-order valence-corrected chi connectivity index (χ4v) is 3.47. The van der Waals surface area contributed by atoms with Crippen molar-refractivity contribution in [3.8, 4) is 0 Å². The van der Waals surface area contributed by atoms with Gasteiger partial charge in [-0.3, -0.25) is 9.69 Å². The summed E-state index contributed by atoms with van der Waals surface area (Å²) in [7, 11) is 0. The zero-order valence-electron chi connectivity index (χ0n) is 14.6. The second-order valence-electron chi connectivity index (χ2n) is 7.14. The van der Waals surface area contributed by atoms with Gasteiger partial charge in [0.15, 0.2) is 0 Å². The van der Waals surface area contributed by atoms with Crippen LogP contribution in [0.15, 0.2) is 34.7 Å². The highest BCUT2D eigenvalue weighted by molar-refractivity contribution is 5.89. The predicted octanol–water partition coefficient (Wildman–Crippen LogP) is 2.68. The first-order valence-electron chi connectivity index (χ1n) is 9.11. The van der Waals surface area contributed by atoms with E-state index in [1.807, 2.05) is 11.0 Å². The summed E-state index contributed by atoms with van der Waals surface area (Å²) in [6.45, 7) is 5.58. The monoisotopic (exact) mass is 340 g/mol. The normalized spacial score (nSPS) is 22.0. The maximum Gasteiger partial charge on any atom is 0.311 e. The largest absolute Gasteiger partial charge is 0.417 e. The van der Waals surface area contributed by atoms with E-state index in [1.165, 1.54) is 5.56 Å². The van der Waals surface area contributed by atoms with Crippen molar-refractivity contribution >= 4 is 5.91 Å². The number of carbonyl (C=O) groups excluding carboxylic acids is 1. The molecule has 25 heavy (non-hydrogen) atoms. The Kier molecular flexibility index (Phi) is 4.53. The van der Waals surface area contributed by atoms with Crippen LogP contribution in [0.25, 0.3) is 0 Å². The molecule has 1 aromatic heterocycles. The Labute approximate surface area is 147 Å². The van der Waals surface area contributed by atoms with Gasteiger partial charge in [0.1, 0.15) is 0 Å². The van der Waals surface area contributed by atoms with Gasteiger partial charge >= 0.3 is 11.8 Å². The van der Waals surface area contributed by atoms with Crippen LogP contribution in [0.2, 0.25) is 0 Å². The average molecular weight is 340 g/mol. The van der Waals surface area contributed by atoms with Gasteiger partial charge in [-0.05, 0) is 31.7 Å². The third kappa shape index (κ3) is 3.74. The van der Waals surface area contributed by atoms with Gasteiger partial charge in [0.25, 0.3) is 0 Å². The number of benzene rings is 1. The molecule has 6 heteroatoms. The van der Waals surface area contributed by atoms with E-state index in [1.54, 1.807) is 0 Å². The standard InChI is InChI=1S/C19H24N4O2/c1-14-12-22(13-15-6-3-2-4-7-15)10-5-11-23(14)19(24)18-21-20-17(25-18)16-8-9-16/h2-4,6-7,14,16H,5,8-13H2,1H3. The van der Waals surface area contributed by atoms with E-state index in [0.29, 0.717) is 11.8 Å². The quantitative estimate of drug-likeness (QED) is 0.856. The molecule has 1 aliphatic carbocycles. The highest BCUT2D eigenvalue weighted by atomic mass is 16.4. The van der Waals surface area contributed by atoms with Crippen molar-refractivity contribution in [2.24, 2.45) is 0 Å². The van der Waals surface area contributed by atoms with E-state index in [0.717, 1.165) is 45.4 Å². The van der Waals surface area contributed by atoms with Crippen LogP contribution in [0.1, 0.15) is 54.2 Å². The third-order valence-corrected chi connectivity index (χ3v) is 4.99. The fraction of sp³-hybridized carbons (Fsp3) is 0.526. The Morgan fingerprint density at radius 1 is 1.20 bits per heavy atom. The van der Waals surface area contributed by atoms with Gasteiger partial charge in [0.2, 0.25) is 5.89 Å². The molecule has 2 heterocycles. The summed E-state index contributed by atoms with van der Waals surface area (Å²) in [5.74, 6) is 1.01. The molecule has 0 N–H and O–H groups in total. The molecule has 4 rings (SSSR count). The van der Waals surface area contributed by atoms with Gasteiger partial charge in [-0.1, -0.05) is 30.3 Å². The molecule has 1 aliphatic heterocycles. The summed E-state index contributed by atoms with van der Waals surface area (Å²) in [5.41, 5.74) is 1.31. The van der Waals surface area contributed by atoms with Crippen LogP contribution in [0.5, 0.6) is 0 Å². The van der Waals surface area contributed by atoms with Crippen molar-refractivity contribution in [1.29, 1.82) is 0 Å². The van der Waals surface area contributed by atoms with Gasteiger partial charge in [-0.2, -0.15) is 0 Å². The van der Waals surface area contributed by atoms with Crippen LogP contribution < -0.4 is 0 Å². The first kappa shape index (κ1) is 16.3. The second-order valence-corrected chi connectivity index (χ2v) is 7.14. The molecule has 1 amide bonds. The van der Waals surface area contributed by atoms with Crippen molar-refractivity contribution in [2.45, 2.75) is 44.7 Å². The molecule has 2 fully saturated rings. The molecule has 2 aromatic rings. The summed E-state index contributed by atoms with van der Waals surface area (Å²) >= 11 is 0. The Bertz CT molecular complexity index is 726. The van der Waals surface area contributed by atoms with Gasteiger partial charge in [-0.15, -0.1) is 10.2 Å². The lowest BCUT2D eigenvalue weighted by Crippen LogP contribution is -2.42. The lowest BCUT2D eigenvalue weighted by molar-refractivity contribution is 0.0649. The van der Waals surface area contributed by atoms with Crippen molar-refractivity contribution in [2.75, 3.05) is 19.6 Å². The van der Waals surface area contributed by atoms with Gasteiger partial charge in [0.05, 0.1) is 0 Å². The number of carbonyl (C=O) groups is 1. The molecule has 0 radical (unpaired) electrons. The molecular formula is C19H24N4O2. The van der Waals surface area contributed by atoms with Gasteiger partial charge < -0.3 is 9.32 Å². The summed E-state index contributed by atoms with van der Waals surface area (Å²) < 4.78 is 5.61. The predicted molar refractivity (Wildman–Crippen MR) is 93.1 cm³/mol. The van der Waals surface area contributed by atoms with E-state index in [-0.39, 0.29) is 17.8 Å². The van der Waals surface area contributed by atoms with E-state index in [2.05, 4.69) is 46.3 Å². The Hall–Kier alpha value is -2.21. The molecule has 132 valence electrons. The second kappa shape index (κ2) is 6.96. The SMILES string of the molecule is CC1CN(Cc2ccccc2)CCCN1C(=O)c1nnc(C2CC2)o1. The molecular weight excluding hydrogens is 316 g/mol. The van der Waals surface area contributed by atoms with Crippen molar-refractivity contribution in [3.05, 3.63) is 47.7 Å². The fourth-order valence-electron chi connectivity index (χ4n) is 3.47. The van der Waals surface area contributed by atoms with Crippen LogP contribution in [0, 0.1) is 0 Å². The van der Waals surface area contributed by atoms with Crippen LogP contribution in [-0.4, -0.2) is 51.6 Å². The summed E-state index contributed by atoms with van der Waals surface area (Å²) in [6, 6.07) is 10.6. The third-order valence-electron chi connectivity index (χ3n) is 4.99. The summed E-state index contributed by atoms with van der Waals surface area (Å²) in [4.78, 5) is 17.1. The molecule has 1 saturated heterocycles. The highest BCUT2D eigenvalue weighted by Gasteiger charge is 2.33. The van der Waals surface area contributed by atoms with Gasteiger partial charge in [-0.25, -0.2) is 0 Å². The van der Waals surface area contributed by atoms with E-state index in [4.69, 9.17) is 4.42 Å². The Morgan fingerprint density at radius 3 is 2.76 bits per heavy atom. The lowest BCUT2D eigenvalue weighted by atomic mass is 10.2. The Balaban J connectivity index is 1.41.